The van der Waals surface area contributed by atoms with Gasteiger partial charge < -0.3 is 10.8 Å². The van der Waals surface area contributed by atoms with E-state index in [9.17, 15) is 5.11 Å². The molecule has 0 aliphatic heterocycles. The number of nitrogens with zero attached hydrogens (tertiary/aromatic N) is 2. The molecule has 1 unspecified atom stereocenters. The molecule has 0 saturated heterocycles. The number of phenols is 1. The number of fused-ring (bicyclic) bond motifs is 1. The molecule has 1 aliphatic rings. The zero-order valence-corrected chi connectivity index (χ0v) is 10.2. The second kappa shape index (κ2) is 3.78. The maximum Gasteiger partial charge on any atom is 0.163 e. The monoisotopic (exact) mass is 241 g/mol. The topological polar surface area (TPSA) is 72.0 Å². The van der Waals surface area contributed by atoms with Gasteiger partial charge in [0.1, 0.15) is 5.75 Å². The van der Waals surface area contributed by atoms with Crippen LogP contribution in [0, 0.1) is 0 Å². The molecule has 0 amide bonds. The Hall–Kier alpha value is -1.94. The fraction of sp³-hybridized carbons (Fsp3) is 0.286. The summed E-state index contributed by atoms with van der Waals surface area (Å²) in [6, 6.07) is 7.07. The molecule has 18 heavy (non-hydrogen) atoms. The van der Waals surface area contributed by atoms with Gasteiger partial charge in [0.15, 0.2) is 5.82 Å². The summed E-state index contributed by atoms with van der Waals surface area (Å²) in [5, 5.41) is 9.83. The third-order valence-electron chi connectivity index (χ3n) is 3.46. The summed E-state index contributed by atoms with van der Waals surface area (Å²) in [6.45, 7) is 1.99. The van der Waals surface area contributed by atoms with Gasteiger partial charge in [0.25, 0.3) is 0 Å². The summed E-state index contributed by atoms with van der Waals surface area (Å²) in [4.78, 5) is 8.86. The van der Waals surface area contributed by atoms with Crippen molar-refractivity contribution in [2.24, 2.45) is 5.73 Å². The van der Waals surface area contributed by atoms with Gasteiger partial charge >= 0.3 is 0 Å². The van der Waals surface area contributed by atoms with Gasteiger partial charge in [-0.05, 0) is 37.5 Å². The molecule has 4 heteroatoms. The first-order valence-corrected chi connectivity index (χ1v) is 6.01. The zero-order chi connectivity index (χ0) is 12.8. The van der Waals surface area contributed by atoms with Gasteiger partial charge in [-0.1, -0.05) is 12.1 Å². The van der Waals surface area contributed by atoms with Crippen molar-refractivity contribution in [3.05, 3.63) is 41.7 Å². The second-order valence-electron chi connectivity index (χ2n) is 5.00. The minimum Gasteiger partial charge on any atom is -0.507 e. The predicted octanol–water partition coefficient (Wildman–Crippen LogP) is 1.97. The molecule has 1 aliphatic carbocycles. The predicted molar refractivity (Wildman–Crippen MR) is 69.0 cm³/mol. The van der Waals surface area contributed by atoms with Crippen molar-refractivity contribution in [2.45, 2.75) is 25.3 Å². The molecule has 3 rings (SSSR count). The van der Waals surface area contributed by atoms with E-state index in [1.807, 2.05) is 19.2 Å². The molecule has 0 radical (unpaired) electrons. The smallest absolute Gasteiger partial charge is 0.163 e. The number of phenolic OH excluding ortho intramolecular Hbond substituents is 1. The van der Waals surface area contributed by atoms with E-state index < -0.39 is 5.54 Å². The molecule has 4 nitrogen and oxygen atoms in total. The molecule has 1 aromatic heterocycles. The molecule has 0 spiro atoms. The third kappa shape index (κ3) is 1.66. The molecule has 1 heterocycles. The number of hydrogen-bond acceptors (Lipinski definition) is 4. The Labute approximate surface area is 106 Å². The summed E-state index contributed by atoms with van der Waals surface area (Å²) in [5.41, 5.74) is 8.48. The maximum atomic E-state index is 9.83. The van der Waals surface area contributed by atoms with Gasteiger partial charge in [-0.3, -0.25) is 0 Å². The van der Waals surface area contributed by atoms with E-state index in [4.69, 9.17) is 5.73 Å². The molecule has 0 saturated carbocycles. The number of aryl methyl sites for hydroxylation is 1. The fourth-order valence-electron chi connectivity index (χ4n) is 2.39. The van der Waals surface area contributed by atoms with Crippen LogP contribution in [0.25, 0.3) is 11.4 Å². The van der Waals surface area contributed by atoms with Crippen LogP contribution in [0.5, 0.6) is 5.75 Å². The highest BCUT2D eigenvalue weighted by Crippen LogP contribution is 2.34. The molecule has 0 fully saturated rings. The molecular weight excluding hydrogens is 226 g/mol. The zero-order valence-electron chi connectivity index (χ0n) is 10.2. The van der Waals surface area contributed by atoms with E-state index in [0.717, 1.165) is 24.1 Å². The summed E-state index contributed by atoms with van der Waals surface area (Å²) in [7, 11) is 0. The number of aromatic nitrogens is 2. The van der Waals surface area contributed by atoms with Crippen molar-refractivity contribution >= 4 is 0 Å². The van der Waals surface area contributed by atoms with Crippen LogP contribution in [0.1, 0.15) is 24.6 Å². The van der Waals surface area contributed by atoms with Crippen LogP contribution in [-0.2, 0) is 12.0 Å². The Morgan fingerprint density at radius 1 is 1.33 bits per heavy atom. The second-order valence-corrected chi connectivity index (χ2v) is 5.00. The summed E-state index contributed by atoms with van der Waals surface area (Å²) in [5.74, 6) is 0.722. The van der Waals surface area contributed by atoms with E-state index in [-0.39, 0.29) is 5.75 Å². The van der Waals surface area contributed by atoms with Crippen LogP contribution in [0.3, 0.4) is 0 Å². The first kappa shape index (κ1) is 11.2. The fourth-order valence-corrected chi connectivity index (χ4v) is 2.39. The number of aromatic hydroxyl groups is 1. The molecule has 0 bridgehead atoms. The van der Waals surface area contributed by atoms with Crippen molar-refractivity contribution in [2.75, 3.05) is 0 Å². The number of benzene rings is 1. The first-order chi connectivity index (χ1) is 8.58. The van der Waals surface area contributed by atoms with Crippen molar-refractivity contribution < 1.29 is 5.11 Å². The van der Waals surface area contributed by atoms with Crippen molar-refractivity contribution in [3.63, 3.8) is 0 Å². The van der Waals surface area contributed by atoms with Crippen LogP contribution in [0.15, 0.2) is 30.5 Å². The average molecular weight is 241 g/mol. The van der Waals surface area contributed by atoms with Gasteiger partial charge in [0, 0.05) is 6.20 Å². The lowest BCUT2D eigenvalue weighted by molar-refractivity contribution is 0.474. The van der Waals surface area contributed by atoms with Crippen LogP contribution in [-0.4, -0.2) is 15.1 Å². The Bertz CT molecular complexity index is 608. The van der Waals surface area contributed by atoms with Crippen LogP contribution >= 0.6 is 0 Å². The minimum atomic E-state index is -0.391. The van der Waals surface area contributed by atoms with E-state index in [1.54, 1.807) is 18.2 Å². The first-order valence-electron chi connectivity index (χ1n) is 6.01. The normalized spacial score (nSPS) is 21.9. The highest BCUT2D eigenvalue weighted by atomic mass is 16.3. The summed E-state index contributed by atoms with van der Waals surface area (Å²) in [6.07, 6.45) is 3.63. The molecule has 1 atom stereocenters. The lowest BCUT2D eigenvalue weighted by atomic mass is 10.0. The quantitative estimate of drug-likeness (QED) is 0.800. The van der Waals surface area contributed by atoms with Gasteiger partial charge in [-0.25, -0.2) is 9.97 Å². The van der Waals surface area contributed by atoms with Crippen molar-refractivity contribution in [3.8, 4) is 17.1 Å². The van der Waals surface area contributed by atoms with Crippen molar-refractivity contribution in [1.82, 2.24) is 9.97 Å². The number of nitrogens with two attached hydrogens (primary N) is 1. The third-order valence-corrected chi connectivity index (χ3v) is 3.46. The van der Waals surface area contributed by atoms with Crippen molar-refractivity contribution in [1.29, 1.82) is 0 Å². The molecule has 92 valence electrons. The molecular formula is C14H15N3O. The van der Waals surface area contributed by atoms with E-state index >= 15 is 0 Å². The average Bonchev–Trinajstić information content (AvgIpc) is 2.66. The van der Waals surface area contributed by atoms with Gasteiger partial charge in [-0.15, -0.1) is 0 Å². The van der Waals surface area contributed by atoms with Gasteiger partial charge in [-0.2, -0.15) is 0 Å². The maximum absolute atomic E-state index is 9.83. The highest BCUT2D eigenvalue weighted by molar-refractivity contribution is 5.63. The highest BCUT2D eigenvalue weighted by Gasteiger charge is 2.32. The Kier molecular flexibility index (Phi) is 2.35. The summed E-state index contributed by atoms with van der Waals surface area (Å²) < 4.78 is 0. The Balaban J connectivity index is 2.14. The van der Waals surface area contributed by atoms with Crippen LogP contribution in [0.2, 0.25) is 0 Å². The molecule has 1 aromatic carbocycles. The van der Waals surface area contributed by atoms with Crippen LogP contribution in [0.4, 0.5) is 0 Å². The summed E-state index contributed by atoms with van der Waals surface area (Å²) >= 11 is 0. The van der Waals surface area contributed by atoms with E-state index in [1.165, 1.54) is 0 Å². The number of hydrogen-bond donors (Lipinski definition) is 2. The van der Waals surface area contributed by atoms with Gasteiger partial charge in [0.2, 0.25) is 0 Å². The van der Waals surface area contributed by atoms with Gasteiger partial charge in [0.05, 0.1) is 16.8 Å². The molecule has 2 aromatic rings. The SMILES string of the molecule is CC1(N)CCc2cnc(-c3ccccc3O)nc21. The lowest BCUT2D eigenvalue weighted by Crippen LogP contribution is -2.31. The number of para-hydroxylation sites is 1. The molecule has 3 N–H and O–H groups in total. The standard InChI is InChI=1S/C14H15N3O/c1-14(15)7-6-9-8-16-13(17-12(9)14)10-4-2-3-5-11(10)18/h2-5,8,18H,6-7,15H2,1H3. The largest absolute Gasteiger partial charge is 0.507 e. The Morgan fingerprint density at radius 3 is 2.89 bits per heavy atom. The van der Waals surface area contributed by atoms with E-state index in [2.05, 4.69) is 9.97 Å². The number of rotatable bonds is 1. The van der Waals surface area contributed by atoms with Crippen LogP contribution < -0.4 is 5.73 Å². The lowest BCUT2D eigenvalue weighted by Gasteiger charge is -2.18. The Morgan fingerprint density at radius 2 is 2.11 bits per heavy atom. The minimum absolute atomic E-state index is 0.189. The van der Waals surface area contributed by atoms with E-state index in [0.29, 0.717) is 11.4 Å².